The lowest BCUT2D eigenvalue weighted by molar-refractivity contribution is -0.148. The van der Waals surface area contributed by atoms with Crippen molar-refractivity contribution in [2.45, 2.75) is 112 Å². The van der Waals surface area contributed by atoms with Gasteiger partial charge in [0.1, 0.15) is 12.2 Å². The van der Waals surface area contributed by atoms with Gasteiger partial charge in [-0.1, -0.05) is 32.4 Å². The van der Waals surface area contributed by atoms with Gasteiger partial charge in [-0.15, -0.1) is 0 Å². The van der Waals surface area contributed by atoms with Gasteiger partial charge in [0.15, 0.2) is 0 Å². The molecule has 5 nitrogen and oxygen atoms in total. The average Bonchev–Trinajstić information content (AvgIpc) is 3.29. The van der Waals surface area contributed by atoms with Crippen molar-refractivity contribution < 1.29 is 23.8 Å². The molecule has 0 radical (unpaired) electrons. The Balaban J connectivity index is 1.29. The molecule has 4 aliphatic carbocycles. The Morgan fingerprint density at radius 1 is 1.14 bits per heavy atom. The topological polar surface area (TPSA) is 61.8 Å². The van der Waals surface area contributed by atoms with Gasteiger partial charge in [0.05, 0.1) is 12.4 Å². The molecule has 0 amide bonds. The monoisotopic (exact) mass is 498 g/mol. The summed E-state index contributed by atoms with van der Waals surface area (Å²) in [5, 5.41) is 0. The summed E-state index contributed by atoms with van der Waals surface area (Å²) in [4.78, 5) is 22.7. The number of ether oxygens (including phenoxy) is 3. The maximum absolute atomic E-state index is 11.5. The Morgan fingerprint density at radius 2 is 1.92 bits per heavy atom. The van der Waals surface area contributed by atoms with Crippen LogP contribution in [0.3, 0.4) is 0 Å². The summed E-state index contributed by atoms with van der Waals surface area (Å²) in [6.07, 6.45) is 12.9. The number of rotatable bonds is 6. The minimum atomic E-state index is -0.200. The van der Waals surface area contributed by atoms with E-state index in [1.807, 2.05) is 0 Å². The first-order valence-corrected chi connectivity index (χ1v) is 14.4. The van der Waals surface area contributed by atoms with E-state index in [2.05, 4.69) is 33.8 Å². The SMILES string of the molecule is CC(=O)OC[C@H](C)CCC1=C(C)[C@H]2[C@H](C[C@H]3[C@@H]4CC=C5C[C@@H](OC(C)=O)CC[C@]5(C)[C@H]4CC[C@@]32C)O1. The second kappa shape index (κ2) is 9.51. The second-order valence-corrected chi connectivity index (χ2v) is 13.2. The van der Waals surface area contributed by atoms with Crippen molar-refractivity contribution in [3.63, 3.8) is 0 Å². The zero-order chi connectivity index (χ0) is 25.8. The van der Waals surface area contributed by atoms with Crippen LogP contribution in [0.25, 0.3) is 0 Å². The molecule has 0 spiro atoms. The van der Waals surface area contributed by atoms with Crippen LogP contribution in [-0.4, -0.2) is 30.8 Å². The predicted octanol–water partition coefficient (Wildman–Crippen LogP) is 6.76. The number of hydrogen-bond donors (Lipinski definition) is 0. The Morgan fingerprint density at radius 3 is 2.64 bits per heavy atom. The van der Waals surface area contributed by atoms with Crippen LogP contribution in [0.2, 0.25) is 0 Å². The molecule has 3 fully saturated rings. The molecule has 0 N–H and O–H groups in total. The number of fused-ring (bicyclic) bond motifs is 7. The zero-order valence-corrected chi connectivity index (χ0v) is 23.2. The molecule has 36 heavy (non-hydrogen) atoms. The van der Waals surface area contributed by atoms with Crippen LogP contribution in [0.5, 0.6) is 0 Å². The van der Waals surface area contributed by atoms with Crippen LogP contribution < -0.4 is 0 Å². The Hall–Kier alpha value is -1.78. The quantitative estimate of drug-likeness (QED) is 0.299. The largest absolute Gasteiger partial charge is 0.494 e. The Labute approximate surface area is 217 Å². The van der Waals surface area contributed by atoms with Crippen molar-refractivity contribution >= 4 is 11.9 Å². The van der Waals surface area contributed by atoms with Gasteiger partial charge in [-0.3, -0.25) is 9.59 Å². The lowest BCUT2D eigenvalue weighted by Gasteiger charge is -2.58. The van der Waals surface area contributed by atoms with Crippen molar-refractivity contribution in [1.29, 1.82) is 0 Å². The second-order valence-electron chi connectivity index (χ2n) is 13.2. The molecular weight excluding hydrogens is 452 g/mol. The first-order chi connectivity index (χ1) is 17.0. The molecule has 0 aromatic carbocycles. The standard InChI is InChI=1S/C31H46O5/c1-18(17-34-20(3)32)7-10-27-19(2)29-28(36-27)16-26-24-9-8-22-15-23(35-21(4)33)11-13-30(22,5)25(24)12-14-31(26,29)6/h8,18,23-26,28-29H,7,9-17H2,1-6H3/t18-,23+,24-,25+,26+,28+,29+,30+,31+/m1/s1. The smallest absolute Gasteiger partial charge is 0.302 e. The molecule has 1 heterocycles. The lowest BCUT2D eigenvalue weighted by Crippen LogP contribution is -2.50. The molecule has 1 aliphatic heterocycles. The molecule has 3 saturated carbocycles. The van der Waals surface area contributed by atoms with Crippen LogP contribution in [0.1, 0.15) is 99.3 Å². The summed E-state index contributed by atoms with van der Waals surface area (Å²) < 4.78 is 17.5. The van der Waals surface area contributed by atoms with Crippen LogP contribution in [0, 0.1) is 40.4 Å². The van der Waals surface area contributed by atoms with E-state index >= 15 is 0 Å². The van der Waals surface area contributed by atoms with Gasteiger partial charge in [-0.25, -0.2) is 0 Å². The average molecular weight is 499 g/mol. The van der Waals surface area contributed by atoms with Gasteiger partial charge in [-0.2, -0.15) is 0 Å². The predicted molar refractivity (Wildman–Crippen MR) is 139 cm³/mol. The summed E-state index contributed by atoms with van der Waals surface area (Å²) >= 11 is 0. The van der Waals surface area contributed by atoms with Crippen LogP contribution in [0.4, 0.5) is 0 Å². The maximum atomic E-state index is 11.5. The number of carbonyl (C=O) groups is 2. The number of allylic oxidation sites excluding steroid dienone is 2. The van der Waals surface area contributed by atoms with Crippen LogP contribution in [-0.2, 0) is 23.8 Å². The summed E-state index contributed by atoms with van der Waals surface area (Å²) in [7, 11) is 0. The first kappa shape index (κ1) is 25.9. The summed E-state index contributed by atoms with van der Waals surface area (Å²) in [5.41, 5.74) is 3.62. The molecule has 0 saturated heterocycles. The van der Waals surface area contributed by atoms with E-state index in [9.17, 15) is 9.59 Å². The Bertz CT molecular complexity index is 964. The van der Waals surface area contributed by atoms with Crippen molar-refractivity contribution in [3.05, 3.63) is 23.0 Å². The summed E-state index contributed by atoms with van der Waals surface area (Å²) in [6, 6.07) is 0. The molecule has 0 aromatic heterocycles. The normalized spacial score (nSPS) is 41.8. The third kappa shape index (κ3) is 4.32. The third-order valence-electron chi connectivity index (χ3n) is 11.0. The van der Waals surface area contributed by atoms with Crippen molar-refractivity contribution in [2.24, 2.45) is 40.4 Å². The lowest BCUT2D eigenvalue weighted by atomic mass is 9.47. The number of esters is 2. The molecule has 5 rings (SSSR count). The van der Waals surface area contributed by atoms with Gasteiger partial charge < -0.3 is 14.2 Å². The summed E-state index contributed by atoms with van der Waals surface area (Å²) in [6.45, 7) is 13.1. The van der Waals surface area contributed by atoms with E-state index in [1.54, 1.807) is 5.57 Å². The fourth-order valence-corrected chi connectivity index (χ4v) is 9.27. The van der Waals surface area contributed by atoms with E-state index in [-0.39, 0.29) is 23.5 Å². The highest BCUT2D eigenvalue weighted by atomic mass is 16.5. The number of carbonyl (C=O) groups excluding carboxylic acids is 2. The van der Waals surface area contributed by atoms with E-state index in [4.69, 9.17) is 14.2 Å². The van der Waals surface area contributed by atoms with Crippen molar-refractivity contribution in [2.75, 3.05) is 6.61 Å². The van der Waals surface area contributed by atoms with E-state index in [0.29, 0.717) is 35.9 Å². The fourth-order valence-electron chi connectivity index (χ4n) is 9.27. The molecule has 0 bridgehead atoms. The van der Waals surface area contributed by atoms with Crippen molar-refractivity contribution in [1.82, 2.24) is 0 Å². The maximum Gasteiger partial charge on any atom is 0.302 e. The van der Waals surface area contributed by atoms with Gasteiger partial charge in [-0.05, 0) is 91.9 Å². The highest BCUT2D eigenvalue weighted by Crippen LogP contribution is 2.69. The molecule has 5 heteroatoms. The van der Waals surface area contributed by atoms with Crippen LogP contribution >= 0.6 is 0 Å². The third-order valence-corrected chi connectivity index (χ3v) is 11.0. The van der Waals surface area contributed by atoms with Gasteiger partial charge in [0, 0.05) is 32.6 Å². The van der Waals surface area contributed by atoms with Gasteiger partial charge in [0.2, 0.25) is 0 Å². The van der Waals surface area contributed by atoms with E-state index < -0.39 is 0 Å². The highest BCUT2D eigenvalue weighted by molar-refractivity contribution is 5.66. The van der Waals surface area contributed by atoms with Crippen molar-refractivity contribution in [3.8, 4) is 0 Å². The minimum Gasteiger partial charge on any atom is -0.494 e. The first-order valence-electron chi connectivity index (χ1n) is 14.4. The molecule has 9 atom stereocenters. The molecule has 200 valence electrons. The summed E-state index contributed by atoms with van der Waals surface area (Å²) in [5.74, 6) is 3.93. The molecular formula is C31H46O5. The zero-order valence-electron chi connectivity index (χ0n) is 23.2. The Kier molecular flexibility index (Phi) is 6.83. The van der Waals surface area contributed by atoms with Crippen LogP contribution in [0.15, 0.2) is 23.0 Å². The molecule has 5 aliphatic rings. The number of hydrogen-bond acceptors (Lipinski definition) is 5. The highest BCUT2D eigenvalue weighted by Gasteiger charge is 2.63. The van der Waals surface area contributed by atoms with E-state index in [0.717, 1.165) is 43.9 Å². The van der Waals surface area contributed by atoms with Gasteiger partial charge >= 0.3 is 11.9 Å². The minimum absolute atomic E-state index is 0.0643. The van der Waals surface area contributed by atoms with Gasteiger partial charge in [0.25, 0.3) is 0 Å². The van der Waals surface area contributed by atoms with E-state index in [1.165, 1.54) is 50.9 Å². The fraction of sp³-hybridized carbons (Fsp3) is 0.806. The molecule has 0 unspecified atom stereocenters. The molecule has 0 aromatic rings.